The lowest BCUT2D eigenvalue weighted by Gasteiger charge is -2.19. The van der Waals surface area contributed by atoms with Crippen LogP contribution in [0.15, 0.2) is 36.4 Å². The van der Waals surface area contributed by atoms with Gasteiger partial charge in [0.05, 0.1) is 0 Å². The van der Waals surface area contributed by atoms with Crippen molar-refractivity contribution in [1.29, 1.82) is 0 Å². The van der Waals surface area contributed by atoms with Gasteiger partial charge in [-0.2, -0.15) is 0 Å². The highest BCUT2D eigenvalue weighted by atomic mass is 127. The van der Waals surface area contributed by atoms with Crippen LogP contribution in [0.1, 0.15) is 24.3 Å². The van der Waals surface area contributed by atoms with Crippen molar-refractivity contribution in [3.05, 3.63) is 45.6 Å². The highest BCUT2D eigenvalue weighted by Gasteiger charge is 2.36. The second-order valence-electron chi connectivity index (χ2n) is 4.41. The lowest BCUT2D eigenvalue weighted by atomic mass is 9.87. The zero-order valence-corrected chi connectivity index (χ0v) is 10.1. The highest BCUT2D eigenvalue weighted by Crippen LogP contribution is 2.49. The third kappa shape index (κ3) is 1.33. The minimum atomic E-state index is 0.804. The van der Waals surface area contributed by atoms with Crippen molar-refractivity contribution >= 4 is 22.6 Å². The molecule has 0 aliphatic heterocycles. The van der Waals surface area contributed by atoms with Crippen LogP contribution in [0.2, 0.25) is 0 Å². The van der Waals surface area contributed by atoms with E-state index in [1.54, 1.807) is 5.56 Å². The molecule has 0 amide bonds. The Hall–Kier alpha value is -0.310. The second kappa shape index (κ2) is 3.37. The summed E-state index contributed by atoms with van der Waals surface area (Å²) in [6.07, 6.45) is 7.62. The maximum Gasteiger partial charge on any atom is 0.0165 e. The van der Waals surface area contributed by atoms with Crippen LogP contribution in [0.5, 0.6) is 0 Å². The van der Waals surface area contributed by atoms with E-state index in [2.05, 4.69) is 59.0 Å². The number of benzene rings is 1. The van der Waals surface area contributed by atoms with Crippen LogP contribution in [-0.4, -0.2) is 0 Å². The fraction of sp³-hybridized carbons (Fsp3) is 0.385. The van der Waals surface area contributed by atoms with Crippen LogP contribution in [0, 0.1) is 15.4 Å². The van der Waals surface area contributed by atoms with E-state index in [9.17, 15) is 0 Å². The molecule has 0 heterocycles. The number of hydrogen-bond donors (Lipinski definition) is 0. The van der Waals surface area contributed by atoms with Gasteiger partial charge in [-0.3, -0.25) is 0 Å². The molecule has 14 heavy (non-hydrogen) atoms. The summed E-state index contributed by atoms with van der Waals surface area (Å²) < 4.78 is 1.44. The van der Waals surface area contributed by atoms with Gasteiger partial charge in [0.2, 0.25) is 0 Å². The Morgan fingerprint density at radius 2 is 1.93 bits per heavy atom. The number of rotatable bonds is 1. The molecule has 0 nitrogen and oxygen atoms in total. The topological polar surface area (TPSA) is 0 Å². The fourth-order valence-electron chi connectivity index (χ4n) is 2.91. The molecular weight excluding hydrogens is 283 g/mol. The first-order valence-corrected chi connectivity index (χ1v) is 6.35. The molecule has 2 aliphatic carbocycles. The molecule has 3 rings (SSSR count). The molecule has 1 aromatic carbocycles. The molecule has 0 spiro atoms. The molecule has 72 valence electrons. The summed E-state index contributed by atoms with van der Waals surface area (Å²) >= 11 is 2.47. The van der Waals surface area contributed by atoms with Gasteiger partial charge in [0.15, 0.2) is 0 Å². The highest BCUT2D eigenvalue weighted by molar-refractivity contribution is 14.1. The van der Waals surface area contributed by atoms with Crippen LogP contribution in [0.4, 0.5) is 0 Å². The molecule has 0 aromatic heterocycles. The molecule has 1 aromatic rings. The molecule has 1 fully saturated rings. The van der Waals surface area contributed by atoms with Gasteiger partial charge in [-0.25, -0.2) is 0 Å². The van der Waals surface area contributed by atoms with Crippen LogP contribution < -0.4 is 0 Å². The monoisotopic (exact) mass is 296 g/mol. The van der Waals surface area contributed by atoms with E-state index in [4.69, 9.17) is 0 Å². The maximum atomic E-state index is 2.47. The molecular formula is C13H13I. The number of halogens is 1. The molecule has 3 unspecified atom stereocenters. The van der Waals surface area contributed by atoms with Gasteiger partial charge in [-0.05, 0) is 64.8 Å². The molecule has 0 N–H and O–H groups in total. The maximum absolute atomic E-state index is 2.47. The quantitative estimate of drug-likeness (QED) is 0.543. The smallest absolute Gasteiger partial charge is 0.0165 e. The third-order valence-corrected chi connectivity index (χ3v) is 4.57. The van der Waals surface area contributed by atoms with E-state index in [-0.39, 0.29) is 0 Å². The summed E-state index contributed by atoms with van der Waals surface area (Å²) in [5.74, 6) is 2.51. The molecule has 0 radical (unpaired) electrons. The Balaban J connectivity index is 1.97. The van der Waals surface area contributed by atoms with Gasteiger partial charge < -0.3 is 0 Å². The van der Waals surface area contributed by atoms with Crippen molar-refractivity contribution in [2.24, 2.45) is 11.8 Å². The summed E-state index contributed by atoms with van der Waals surface area (Å²) in [6, 6.07) is 8.84. The van der Waals surface area contributed by atoms with E-state index < -0.39 is 0 Å². The van der Waals surface area contributed by atoms with Crippen molar-refractivity contribution < 1.29 is 0 Å². The van der Waals surface area contributed by atoms with Gasteiger partial charge in [-0.15, -0.1) is 0 Å². The van der Waals surface area contributed by atoms with E-state index in [0.29, 0.717) is 0 Å². The van der Waals surface area contributed by atoms with Crippen molar-refractivity contribution in [3.63, 3.8) is 0 Å². The zero-order chi connectivity index (χ0) is 9.54. The largest absolute Gasteiger partial charge is 0.0851 e. The Labute approximate surface area is 98.5 Å². The molecule has 2 aliphatic rings. The predicted molar refractivity (Wildman–Crippen MR) is 67.3 cm³/mol. The predicted octanol–water partition coefficient (Wildman–Crippen LogP) is 3.97. The average molecular weight is 296 g/mol. The summed E-state index contributed by atoms with van der Waals surface area (Å²) in [7, 11) is 0. The Bertz CT molecular complexity index is 381. The van der Waals surface area contributed by atoms with Crippen LogP contribution in [0.25, 0.3) is 0 Å². The lowest BCUT2D eigenvalue weighted by Crippen LogP contribution is -2.06. The van der Waals surface area contributed by atoms with Gasteiger partial charge in [0.1, 0.15) is 0 Å². The van der Waals surface area contributed by atoms with Gasteiger partial charge >= 0.3 is 0 Å². The Morgan fingerprint density at radius 3 is 2.57 bits per heavy atom. The van der Waals surface area contributed by atoms with Crippen LogP contribution in [0.3, 0.4) is 0 Å². The Morgan fingerprint density at radius 1 is 1.07 bits per heavy atom. The first-order valence-electron chi connectivity index (χ1n) is 5.27. The van der Waals surface area contributed by atoms with Gasteiger partial charge in [0, 0.05) is 3.57 Å². The lowest BCUT2D eigenvalue weighted by molar-refractivity contribution is 0.583. The molecule has 2 bridgehead atoms. The molecule has 1 saturated carbocycles. The first kappa shape index (κ1) is 8.96. The summed E-state index contributed by atoms with van der Waals surface area (Å²) in [5.41, 5.74) is 1.57. The van der Waals surface area contributed by atoms with E-state index in [1.807, 2.05) is 0 Å². The van der Waals surface area contributed by atoms with E-state index in [1.165, 1.54) is 16.4 Å². The number of hydrogen-bond acceptors (Lipinski definition) is 0. The van der Waals surface area contributed by atoms with E-state index in [0.717, 1.165) is 17.8 Å². The zero-order valence-electron chi connectivity index (χ0n) is 7.99. The fourth-order valence-corrected chi connectivity index (χ4v) is 3.70. The normalized spacial score (nSPS) is 33.9. The summed E-state index contributed by atoms with van der Waals surface area (Å²) in [6.45, 7) is 0. The van der Waals surface area contributed by atoms with Crippen LogP contribution in [-0.2, 0) is 0 Å². The molecule has 3 atom stereocenters. The minimum Gasteiger partial charge on any atom is -0.0851 e. The first-order chi connectivity index (χ1) is 6.84. The summed E-state index contributed by atoms with van der Waals surface area (Å²) in [5, 5.41) is 0. The Kier molecular flexibility index (Phi) is 2.15. The standard InChI is InChI=1S/C13H13I/c14-13-4-2-1-3-11(13)12-8-9-5-6-10(12)7-9/h1-6,9-10,12H,7-8H2. The van der Waals surface area contributed by atoms with E-state index >= 15 is 0 Å². The third-order valence-electron chi connectivity index (χ3n) is 3.58. The van der Waals surface area contributed by atoms with Crippen molar-refractivity contribution in [1.82, 2.24) is 0 Å². The number of allylic oxidation sites excluding steroid dienone is 2. The molecule has 1 heteroatoms. The van der Waals surface area contributed by atoms with Crippen molar-refractivity contribution in [2.75, 3.05) is 0 Å². The van der Waals surface area contributed by atoms with Crippen LogP contribution >= 0.6 is 22.6 Å². The summed E-state index contributed by atoms with van der Waals surface area (Å²) in [4.78, 5) is 0. The van der Waals surface area contributed by atoms with Gasteiger partial charge in [-0.1, -0.05) is 30.4 Å². The second-order valence-corrected chi connectivity index (χ2v) is 5.57. The van der Waals surface area contributed by atoms with Crippen molar-refractivity contribution in [2.45, 2.75) is 18.8 Å². The number of fused-ring (bicyclic) bond motifs is 2. The van der Waals surface area contributed by atoms with Gasteiger partial charge in [0.25, 0.3) is 0 Å². The minimum absolute atomic E-state index is 0.804. The SMILES string of the molecule is Ic1ccccc1C1CC2C=CC1C2. The molecule has 0 saturated heterocycles. The average Bonchev–Trinajstić information content (AvgIpc) is 2.79. The van der Waals surface area contributed by atoms with Crippen molar-refractivity contribution in [3.8, 4) is 0 Å².